The number of nitrogens with one attached hydrogen (secondary N) is 1. The summed E-state index contributed by atoms with van der Waals surface area (Å²) in [7, 11) is 0. The number of carbonyl (C=O) groups excluding carboxylic acids is 4. The molecule has 0 atom stereocenters. The summed E-state index contributed by atoms with van der Waals surface area (Å²) in [6.07, 6.45) is 25.6. The van der Waals surface area contributed by atoms with E-state index in [1.807, 2.05) is 0 Å². The third kappa shape index (κ3) is 86.0. The number of nitrogens with zero attached hydrogens (tertiary/aromatic N) is 1. The highest BCUT2D eigenvalue weighted by atomic mass is 16.7. The summed E-state index contributed by atoms with van der Waals surface area (Å²) in [5, 5.41) is 31.6. The molecule has 0 aromatic rings. The molecular weight excluding hydrogens is 1640 g/mol. The van der Waals surface area contributed by atoms with Gasteiger partial charge in [0.25, 0.3) is 11.8 Å². The van der Waals surface area contributed by atoms with Crippen LogP contribution in [0.25, 0.3) is 0 Å². The van der Waals surface area contributed by atoms with Gasteiger partial charge in [-0.25, -0.2) is 4.79 Å². The molecule has 3 amide bonds. The lowest BCUT2D eigenvalue weighted by Crippen LogP contribution is -2.47. The van der Waals surface area contributed by atoms with Gasteiger partial charge in [0.2, 0.25) is 5.91 Å². The molecule has 125 heavy (non-hydrogen) atoms. The highest BCUT2D eigenvalue weighted by Gasteiger charge is 2.45. The van der Waals surface area contributed by atoms with E-state index < -0.39 is 47.0 Å². The van der Waals surface area contributed by atoms with Gasteiger partial charge in [-0.3, -0.25) is 28.8 Å². The Kier molecular flexibility index (Phi) is 92.1. The van der Waals surface area contributed by atoms with E-state index >= 15 is 0 Å². The summed E-state index contributed by atoms with van der Waals surface area (Å²) in [5.74, 6) is -4.69. The Hall–Kier alpha value is -4.47. The molecule has 0 saturated carbocycles. The summed E-state index contributed by atoms with van der Waals surface area (Å²) in [5.41, 5.74) is -1.47. The predicted octanol–water partition coefficient (Wildman–Crippen LogP) is 8.66. The zero-order chi connectivity index (χ0) is 90.1. The van der Waals surface area contributed by atoms with Gasteiger partial charge in [0, 0.05) is 32.2 Å². The topological polar surface area (TPSA) is 426 Å². The molecule has 0 unspecified atom stereocenters. The average Bonchev–Trinajstić information content (AvgIpc) is 1.50. The SMILES string of the molecule is O=C(O)CCCCCCCCCCCCCCC(CCCCCCCCCCCCCCC(=O)O)(C(=O)O)C(=O)NCCOCCOCCOCCOCCOCCOCCOCCOCCOCCOCCOCCOCCOCCOCCOCCOCCOCCOCCOCCOCCOCCOCCOCCOCCC(=O)ON1C(=O)CCC1=O. The van der Waals surface area contributed by atoms with Crippen LogP contribution in [0.15, 0.2) is 0 Å². The molecule has 1 aliphatic heterocycles. The van der Waals surface area contributed by atoms with Crippen molar-refractivity contribution in [2.24, 2.45) is 5.41 Å². The highest BCUT2D eigenvalue weighted by molar-refractivity contribution is 6.02. The van der Waals surface area contributed by atoms with Gasteiger partial charge in [-0.1, -0.05) is 141 Å². The first-order valence-electron chi connectivity index (χ1n) is 46.4. The third-order valence-electron chi connectivity index (χ3n) is 19.1. The van der Waals surface area contributed by atoms with Gasteiger partial charge in [0.1, 0.15) is 5.41 Å². The first-order valence-corrected chi connectivity index (χ1v) is 46.4. The fraction of sp³-hybridized carbons (Fsp3) is 0.920. The van der Waals surface area contributed by atoms with Gasteiger partial charge in [0.15, 0.2) is 0 Å². The molecule has 0 spiro atoms. The monoisotopic (exact) mass is 1810 g/mol. The Morgan fingerprint density at radius 3 is 0.584 bits per heavy atom. The van der Waals surface area contributed by atoms with Crippen molar-refractivity contribution in [1.29, 1.82) is 0 Å². The molecule has 1 fully saturated rings. The first-order chi connectivity index (χ1) is 61.5. The van der Waals surface area contributed by atoms with Crippen molar-refractivity contribution in [3.05, 3.63) is 0 Å². The number of carboxylic acids is 3. The molecule has 4 N–H and O–H groups in total. The van der Waals surface area contributed by atoms with Gasteiger partial charge in [0.05, 0.1) is 324 Å². The molecule has 0 aromatic heterocycles. The lowest BCUT2D eigenvalue weighted by molar-refractivity contribution is -0.198. The maximum Gasteiger partial charge on any atom is 0.335 e. The maximum absolute atomic E-state index is 13.7. The molecule has 1 rings (SSSR count). The second kappa shape index (κ2) is 97.1. The number of rotatable bonds is 108. The number of carboxylic acid groups (broad SMARTS) is 3. The number of unbranched alkanes of at least 4 members (excludes halogenated alkanes) is 22. The number of hydrogen-bond acceptors (Lipinski definition) is 32. The van der Waals surface area contributed by atoms with Crippen LogP contribution >= 0.6 is 0 Å². The van der Waals surface area contributed by atoms with Crippen molar-refractivity contribution in [3.63, 3.8) is 0 Å². The lowest BCUT2D eigenvalue weighted by Gasteiger charge is -2.28. The van der Waals surface area contributed by atoms with Crippen molar-refractivity contribution in [3.8, 4) is 0 Å². The molecule has 0 radical (unpaired) electrons. The predicted molar refractivity (Wildman–Crippen MR) is 459 cm³/mol. The fourth-order valence-corrected chi connectivity index (χ4v) is 12.1. The number of imide groups is 1. The van der Waals surface area contributed by atoms with Crippen molar-refractivity contribution >= 4 is 41.6 Å². The van der Waals surface area contributed by atoms with Crippen LogP contribution in [-0.4, -0.2) is 386 Å². The van der Waals surface area contributed by atoms with Gasteiger partial charge >= 0.3 is 23.9 Å². The quantitative estimate of drug-likeness (QED) is 0.0251. The molecule has 0 bridgehead atoms. The standard InChI is InChI=1S/C88H164N2O35/c91-81-27-28-82(92)90(81)125-85(97)29-33-101-35-37-103-39-41-105-43-45-107-47-49-109-51-53-111-55-57-113-59-61-115-63-65-117-67-69-119-71-73-121-75-77-123-79-80-124-78-76-122-74-72-120-70-68-118-66-64-116-62-60-114-58-56-112-54-52-110-50-48-108-46-44-106-42-40-104-38-36-102-34-32-89-86(98)88(87(99)100,30-23-19-15-11-7-3-1-5-9-13-17-21-25-83(93)94)31-24-20-16-12-8-4-2-6-10-14-18-22-26-84(95)96/h1-80H2,(H,89,98)(H,93,94)(H,95,96)(H,99,100). The Morgan fingerprint density at radius 1 is 0.232 bits per heavy atom. The molecule has 0 aromatic carbocycles. The number of amides is 3. The minimum absolute atomic E-state index is 0.0481. The van der Waals surface area contributed by atoms with Crippen molar-refractivity contribution in [2.75, 3.05) is 324 Å². The molecule has 37 heteroatoms. The van der Waals surface area contributed by atoms with Crippen LogP contribution in [0.1, 0.15) is 199 Å². The van der Waals surface area contributed by atoms with Gasteiger partial charge < -0.3 is 139 Å². The fourth-order valence-electron chi connectivity index (χ4n) is 12.1. The highest BCUT2D eigenvalue weighted by Crippen LogP contribution is 2.34. The molecule has 1 heterocycles. The van der Waals surface area contributed by atoms with E-state index in [1.54, 1.807) is 0 Å². The molecule has 736 valence electrons. The molecule has 0 aliphatic carbocycles. The largest absolute Gasteiger partial charge is 0.481 e. The number of hydroxylamine groups is 2. The summed E-state index contributed by atoms with van der Waals surface area (Å²) in [4.78, 5) is 87.5. The van der Waals surface area contributed by atoms with Crippen LogP contribution in [0.4, 0.5) is 0 Å². The van der Waals surface area contributed by atoms with E-state index in [2.05, 4.69) is 5.32 Å². The van der Waals surface area contributed by atoms with E-state index in [-0.39, 0.29) is 58.5 Å². The minimum atomic E-state index is -1.47. The second-order valence-electron chi connectivity index (χ2n) is 29.4. The van der Waals surface area contributed by atoms with Crippen molar-refractivity contribution in [1.82, 2.24) is 10.4 Å². The smallest absolute Gasteiger partial charge is 0.335 e. The average molecular weight is 1810 g/mol. The van der Waals surface area contributed by atoms with E-state index in [9.17, 15) is 38.7 Å². The van der Waals surface area contributed by atoms with Crippen LogP contribution in [-0.2, 0) is 152 Å². The Balaban J connectivity index is 1.79. The Labute approximate surface area is 744 Å². The molecule has 1 saturated heterocycles. The Morgan fingerprint density at radius 2 is 0.400 bits per heavy atom. The first kappa shape index (κ1) is 119. The number of carbonyl (C=O) groups is 7. The van der Waals surface area contributed by atoms with Crippen LogP contribution < -0.4 is 5.32 Å². The van der Waals surface area contributed by atoms with Crippen molar-refractivity contribution < 1.29 is 167 Å². The summed E-state index contributed by atoms with van der Waals surface area (Å²) in [6.45, 7) is 20.5. The van der Waals surface area contributed by atoms with Gasteiger partial charge in [-0.05, 0) is 25.7 Å². The van der Waals surface area contributed by atoms with Crippen LogP contribution in [0.3, 0.4) is 0 Å². The Bertz CT molecular complexity index is 2320. The van der Waals surface area contributed by atoms with Crippen LogP contribution in [0, 0.1) is 5.41 Å². The van der Waals surface area contributed by atoms with Crippen molar-refractivity contribution in [2.45, 2.75) is 199 Å². The molecule has 1 aliphatic rings. The summed E-state index contributed by atoms with van der Waals surface area (Å²) in [6, 6.07) is 0. The van der Waals surface area contributed by atoms with E-state index in [1.165, 1.54) is 25.7 Å². The zero-order valence-electron chi connectivity index (χ0n) is 75.9. The lowest BCUT2D eigenvalue weighted by atomic mass is 9.76. The molecular formula is C88H164N2O35. The summed E-state index contributed by atoms with van der Waals surface area (Å²) < 4.78 is 133. The number of aliphatic carboxylic acids is 3. The maximum atomic E-state index is 13.7. The second-order valence-corrected chi connectivity index (χ2v) is 29.4. The van der Waals surface area contributed by atoms with Crippen LogP contribution in [0.5, 0.6) is 0 Å². The van der Waals surface area contributed by atoms with Gasteiger partial charge in [-0.15, -0.1) is 5.06 Å². The van der Waals surface area contributed by atoms with Crippen LogP contribution in [0.2, 0.25) is 0 Å². The van der Waals surface area contributed by atoms with E-state index in [0.717, 1.165) is 116 Å². The normalized spacial score (nSPS) is 12.4. The van der Waals surface area contributed by atoms with E-state index in [0.29, 0.717) is 328 Å². The van der Waals surface area contributed by atoms with Gasteiger partial charge in [-0.2, -0.15) is 0 Å². The number of ether oxygens (including phenoxy) is 24. The minimum Gasteiger partial charge on any atom is -0.481 e. The summed E-state index contributed by atoms with van der Waals surface area (Å²) >= 11 is 0. The molecule has 37 nitrogen and oxygen atoms in total. The number of hydrogen-bond donors (Lipinski definition) is 4. The zero-order valence-corrected chi connectivity index (χ0v) is 75.9. The van der Waals surface area contributed by atoms with E-state index in [4.69, 9.17) is 129 Å². The third-order valence-corrected chi connectivity index (χ3v) is 19.1.